The lowest BCUT2D eigenvalue weighted by Gasteiger charge is -2.38. The predicted molar refractivity (Wildman–Crippen MR) is 82.6 cm³/mol. The number of amides is 1. The molecule has 116 valence electrons. The molecule has 2 aromatic rings. The Hall–Kier alpha value is -2.15. The molecule has 7 heteroatoms. The van der Waals surface area contributed by atoms with Crippen LogP contribution in [0.5, 0.6) is 0 Å². The summed E-state index contributed by atoms with van der Waals surface area (Å²) in [6.45, 7) is 3.75. The highest BCUT2D eigenvalue weighted by molar-refractivity contribution is 7.12. The van der Waals surface area contributed by atoms with Gasteiger partial charge < -0.3 is 10.4 Å². The van der Waals surface area contributed by atoms with Crippen LogP contribution < -0.4 is 5.32 Å². The molecule has 1 saturated carbocycles. The zero-order valence-electron chi connectivity index (χ0n) is 12.4. The first kappa shape index (κ1) is 14.8. The van der Waals surface area contributed by atoms with Crippen LogP contribution in [-0.4, -0.2) is 32.1 Å². The Kier molecular flexibility index (Phi) is 3.52. The Morgan fingerprint density at radius 2 is 2.14 bits per heavy atom. The van der Waals surface area contributed by atoms with Crippen LogP contribution in [0, 0.1) is 13.8 Å². The number of carboxylic acid groups (broad SMARTS) is 1. The second-order valence-corrected chi connectivity index (χ2v) is 6.50. The fourth-order valence-corrected chi connectivity index (χ4v) is 3.57. The number of hydrogen-bond donors (Lipinski definition) is 2. The average Bonchev–Trinajstić information content (AvgIpc) is 3.01. The second-order valence-electron chi connectivity index (χ2n) is 5.63. The predicted octanol–water partition coefficient (Wildman–Crippen LogP) is 2.29. The van der Waals surface area contributed by atoms with Gasteiger partial charge in [0.2, 0.25) is 0 Å². The topological polar surface area (TPSA) is 84.2 Å². The Morgan fingerprint density at radius 3 is 2.64 bits per heavy atom. The molecular weight excluding hydrogens is 302 g/mol. The quantitative estimate of drug-likeness (QED) is 0.905. The summed E-state index contributed by atoms with van der Waals surface area (Å²) in [4.78, 5) is 28.2. The largest absolute Gasteiger partial charge is 0.480 e. The fraction of sp³-hybridized carbons (Fsp3) is 0.400. The SMILES string of the molecule is Cc1cc(C(=O)NC2(C(=O)O)CCC2)c(C)n1-c1nccs1. The summed E-state index contributed by atoms with van der Waals surface area (Å²) in [6.07, 6.45) is 3.51. The lowest BCUT2D eigenvalue weighted by Crippen LogP contribution is -2.59. The average molecular weight is 319 g/mol. The smallest absolute Gasteiger partial charge is 0.329 e. The molecule has 1 aliphatic rings. The molecule has 0 atom stereocenters. The highest BCUT2D eigenvalue weighted by Gasteiger charge is 2.46. The molecule has 1 aliphatic carbocycles. The molecule has 2 heterocycles. The van der Waals surface area contributed by atoms with Crippen molar-refractivity contribution in [1.29, 1.82) is 0 Å². The number of aliphatic carboxylic acids is 1. The van der Waals surface area contributed by atoms with Gasteiger partial charge in [-0.2, -0.15) is 0 Å². The molecule has 6 nitrogen and oxygen atoms in total. The number of nitrogens with one attached hydrogen (secondary N) is 1. The third-order valence-electron chi connectivity index (χ3n) is 4.26. The number of aryl methyl sites for hydroxylation is 1. The standard InChI is InChI=1S/C15H17N3O3S/c1-9-8-11(10(2)18(9)14-16-6-7-22-14)12(19)17-15(13(20)21)4-3-5-15/h6-8H,3-5H2,1-2H3,(H,17,19)(H,20,21). The van der Waals surface area contributed by atoms with Crippen molar-refractivity contribution in [1.82, 2.24) is 14.9 Å². The van der Waals surface area contributed by atoms with E-state index in [0.29, 0.717) is 18.4 Å². The first-order valence-corrected chi connectivity index (χ1v) is 7.97. The van der Waals surface area contributed by atoms with Crippen LogP contribution in [0.1, 0.15) is 41.0 Å². The van der Waals surface area contributed by atoms with Gasteiger partial charge in [0.25, 0.3) is 5.91 Å². The lowest BCUT2D eigenvalue weighted by atomic mass is 9.76. The maximum Gasteiger partial charge on any atom is 0.329 e. The van der Waals surface area contributed by atoms with Crippen molar-refractivity contribution in [3.63, 3.8) is 0 Å². The van der Waals surface area contributed by atoms with E-state index in [2.05, 4.69) is 10.3 Å². The number of carbonyl (C=O) groups is 2. The minimum Gasteiger partial charge on any atom is -0.480 e. The number of carboxylic acids is 1. The summed E-state index contributed by atoms with van der Waals surface area (Å²) < 4.78 is 1.91. The fourth-order valence-electron chi connectivity index (χ4n) is 2.82. The lowest BCUT2D eigenvalue weighted by molar-refractivity contribution is -0.148. The van der Waals surface area contributed by atoms with E-state index >= 15 is 0 Å². The van der Waals surface area contributed by atoms with Crippen molar-refractivity contribution in [2.75, 3.05) is 0 Å². The van der Waals surface area contributed by atoms with Crippen molar-refractivity contribution in [2.24, 2.45) is 0 Å². The summed E-state index contributed by atoms with van der Waals surface area (Å²) >= 11 is 1.49. The van der Waals surface area contributed by atoms with Crippen molar-refractivity contribution in [3.05, 3.63) is 34.6 Å². The van der Waals surface area contributed by atoms with Crippen molar-refractivity contribution in [2.45, 2.75) is 38.6 Å². The number of aromatic nitrogens is 2. The summed E-state index contributed by atoms with van der Waals surface area (Å²) in [5, 5.41) is 14.7. The summed E-state index contributed by atoms with van der Waals surface area (Å²) in [5.41, 5.74) is 1.07. The summed E-state index contributed by atoms with van der Waals surface area (Å²) in [6, 6.07) is 1.78. The van der Waals surface area contributed by atoms with Crippen molar-refractivity contribution >= 4 is 23.2 Å². The Morgan fingerprint density at radius 1 is 1.41 bits per heavy atom. The molecule has 0 radical (unpaired) electrons. The molecule has 0 unspecified atom stereocenters. The van der Waals surface area contributed by atoms with Gasteiger partial charge in [-0.15, -0.1) is 11.3 Å². The molecule has 2 N–H and O–H groups in total. The molecule has 3 rings (SSSR count). The normalized spacial score (nSPS) is 16.1. The van der Waals surface area contributed by atoms with Crippen LogP contribution in [0.15, 0.2) is 17.6 Å². The molecule has 0 bridgehead atoms. The van der Waals surface area contributed by atoms with Crippen molar-refractivity contribution < 1.29 is 14.7 Å². The first-order valence-electron chi connectivity index (χ1n) is 7.09. The van der Waals surface area contributed by atoms with E-state index in [1.165, 1.54) is 11.3 Å². The van der Waals surface area contributed by atoms with E-state index in [1.54, 1.807) is 12.3 Å². The Bertz CT molecular complexity index is 730. The number of hydrogen-bond acceptors (Lipinski definition) is 4. The molecule has 0 saturated heterocycles. The molecular formula is C15H17N3O3S. The van der Waals surface area contributed by atoms with Crippen LogP contribution in [0.25, 0.3) is 5.13 Å². The van der Waals surface area contributed by atoms with Gasteiger partial charge in [0.15, 0.2) is 5.13 Å². The maximum atomic E-state index is 12.5. The van der Waals surface area contributed by atoms with Crippen LogP contribution in [0.2, 0.25) is 0 Å². The van der Waals surface area contributed by atoms with E-state index in [-0.39, 0.29) is 5.91 Å². The highest BCUT2D eigenvalue weighted by atomic mass is 32.1. The van der Waals surface area contributed by atoms with Crippen molar-refractivity contribution in [3.8, 4) is 5.13 Å². The van der Waals surface area contributed by atoms with Gasteiger partial charge in [-0.05, 0) is 39.2 Å². The number of rotatable bonds is 4. The van der Waals surface area contributed by atoms with Crippen LogP contribution >= 0.6 is 11.3 Å². The van der Waals surface area contributed by atoms with Gasteiger partial charge in [-0.3, -0.25) is 9.36 Å². The monoisotopic (exact) mass is 319 g/mol. The van der Waals surface area contributed by atoms with Gasteiger partial charge >= 0.3 is 5.97 Å². The number of nitrogens with zero attached hydrogens (tertiary/aromatic N) is 2. The Balaban J connectivity index is 1.91. The zero-order chi connectivity index (χ0) is 15.9. The van der Waals surface area contributed by atoms with Gasteiger partial charge in [0.05, 0.1) is 5.56 Å². The van der Waals surface area contributed by atoms with E-state index in [9.17, 15) is 14.7 Å². The number of thiazole rings is 1. The van der Waals surface area contributed by atoms with E-state index < -0.39 is 11.5 Å². The molecule has 0 aromatic carbocycles. The second kappa shape index (κ2) is 5.24. The third-order valence-corrected chi connectivity index (χ3v) is 5.01. The molecule has 2 aromatic heterocycles. The molecule has 0 aliphatic heterocycles. The molecule has 1 amide bonds. The van der Waals surface area contributed by atoms with Gasteiger partial charge in [-0.25, -0.2) is 9.78 Å². The number of carbonyl (C=O) groups excluding carboxylic acids is 1. The van der Waals surface area contributed by atoms with Gasteiger partial charge in [0, 0.05) is 23.0 Å². The van der Waals surface area contributed by atoms with Gasteiger partial charge in [0.1, 0.15) is 5.54 Å². The van der Waals surface area contributed by atoms with E-state index in [4.69, 9.17) is 0 Å². The van der Waals surface area contributed by atoms with Gasteiger partial charge in [-0.1, -0.05) is 0 Å². The summed E-state index contributed by atoms with van der Waals surface area (Å²) in [5.74, 6) is -1.29. The van der Waals surface area contributed by atoms with E-state index in [1.807, 2.05) is 23.8 Å². The van der Waals surface area contributed by atoms with E-state index in [0.717, 1.165) is 22.9 Å². The molecule has 1 fully saturated rings. The third kappa shape index (κ3) is 2.21. The minimum absolute atomic E-state index is 0.335. The molecule has 22 heavy (non-hydrogen) atoms. The first-order chi connectivity index (χ1) is 10.4. The van der Waals surface area contributed by atoms with Crippen LogP contribution in [0.4, 0.5) is 0 Å². The van der Waals surface area contributed by atoms with Crippen LogP contribution in [-0.2, 0) is 4.79 Å². The minimum atomic E-state index is -1.10. The zero-order valence-corrected chi connectivity index (χ0v) is 13.2. The maximum absolute atomic E-state index is 12.5. The Labute approximate surface area is 131 Å². The summed E-state index contributed by atoms with van der Waals surface area (Å²) in [7, 11) is 0. The highest BCUT2D eigenvalue weighted by Crippen LogP contribution is 2.33. The molecule has 0 spiro atoms. The van der Waals surface area contributed by atoms with Crippen LogP contribution in [0.3, 0.4) is 0 Å².